The molecular weight excluding hydrogens is 694 g/mol. The molecule has 1 spiro atoms. The Morgan fingerprint density at radius 3 is 2.23 bits per heavy atom. The van der Waals surface area contributed by atoms with Gasteiger partial charge in [-0.15, -0.1) is 0 Å². The van der Waals surface area contributed by atoms with Gasteiger partial charge in [0.25, 0.3) is 0 Å². The first-order chi connectivity index (χ1) is 25.2. The van der Waals surface area contributed by atoms with Crippen molar-refractivity contribution >= 4 is 5.78 Å². The zero-order valence-corrected chi connectivity index (χ0v) is 31.4. The lowest BCUT2D eigenvalue weighted by Crippen LogP contribution is -2.65. The molecule has 0 unspecified atom stereocenters. The maximum Gasteiger partial charge on any atom is 0.187 e. The average molecular weight is 757 g/mol. The predicted molar refractivity (Wildman–Crippen MR) is 183 cm³/mol. The van der Waals surface area contributed by atoms with E-state index in [4.69, 9.17) is 28.4 Å². The van der Waals surface area contributed by atoms with Gasteiger partial charge in [-0.05, 0) is 85.4 Å². The van der Waals surface area contributed by atoms with Crippen LogP contribution in [0.4, 0.5) is 0 Å². The van der Waals surface area contributed by atoms with E-state index in [2.05, 4.69) is 27.7 Å². The van der Waals surface area contributed by atoms with E-state index in [0.717, 1.165) is 45.1 Å². The summed E-state index contributed by atoms with van der Waals surface area (Å²) in [5, 5.41) is 72.7. The van der Waals surface area contributed by atoms with Crippen molar-refractivity contribution in [3.05, 3.63) is 0 Å². The van der Waals surface area contributed by atoms with Crippen LogP contribution in [0.2, 0.25) is 0 Å². The van der Waals surface area contributed by atoms with Gasteiger partial charge in [0.2, 0.25) is 0 Å². The standard InChI is InChI=1S/C39H62O14/c1-17-7-10-39(48-16-17)18(2)27-24(53-39)12-22-21-6-5-19-11-20(8-9-37(19,3)28(21)23(42)13-38(22,27)4)49-35-33(47)31(45)34(26(15-41)51-35)52-36-32(46)30(44)29(43)25(14-40)50-36/h17-22,24-36,40-41,43-47H,5-16H2,1-4H3/t17-,18+,19+,20+,21+,22+,24+,25-,26-,27+,28-,29-,30+,31-,32-,33-,34-,35-,36+,37+,38+,39-/m1/s1/i8+2. The van der Waals surface area contributed by atoms with Gasteiger partial charge in [0.1, 0.15) is 54.6 Å². The maximum atomic E-state index is 14.5. The van der Waals surface area contributed by atoms with Crippen LogP contribution < -0.4 is 0 Å². The average Bonchev–Trinajstić information content (AvgIpc) is 3.57. The molecule has 4 heterocycles. The van der Waals surface area contributed by atoms with Gasteiger partial charge in [-0.1, -0.05) is 27.7 Å². The van der Waals surface area contributed by atoms with Crippen LogP contribution in [0.25, 0.3) is 0 Å². The summed E-state index contributed by atoms with van der Waals surface area (Å²) in [6.07, 6.45) is -7.48. The molecule has 4 saturated carbocycles. The van der Waals surface area contributed by atoms with E-state index in [0.29, 0.717) is 48.7 Å². The molecule has 14 nitrogen and oxygen atoms in total. The molecule has 0 aromatic carbocycles. The van der Waals surface area contributed by atoms with E-state index in [9.17, 15) is 40.5 Å². The fourth-order valence-corrected chi connectivity index (χ4v) is 13.0. The van der Waals surface area contributed by atoms with E-state index in [1.54, 1.807) is 0 Å². The normalized spacial score (nSPS) is 58.2. The molecule has 53 heavy (non-hydrogen) atoms. The summed E-state index contributed by atoms with van der Waals surface area (Å²) in [7, 11) is 0. The Hall–Kier alpha value is -0.850. The van der Waals surface area contributed by atoms with Gasteiger partial charge in [0, 0.05) is 24.7 Å². The number of aliphatic hydroxyl groups is 7. The molecule has 0 bridgehead atoms. The second-order valence-electron chi connectivity index (χ2n) is 18.7. The van der Waals surface area contributed by atoms with Crippen LogP contribution in [-0.4, -0.2) is 141 Å². The summed E-state index contributed by atoms with van der Waals surface area (Å²) in [6.45, 7) is 8.63. The highest BCUT2D eigenvalue weighted by atomic mass is 16.7. The van der Waals surface area contributed by atoms with Crippen LogP contribution in [0.1, 0.15) is 85.5 Å². The monoisotopic (exact) mass is 756 g/mol. The minimum Gasteiger partial charge on any atom is -0.394 e. The Balaban J connectivity index is 0.911. The van der Waals surface area contributed by atoms with E-state index in [1.807, 2.05) is 0 Å². The molecule has 302 valence electrons. The number of hydrogen-bond acceptors (Lipinski definition) is 14. The number of carbonyl (C=O) groups excluding carboxylic acids is 1. The van der Waals surface area contributed by atoms with E-state index < -0.39 is 80.4 Å². The van der Waals surface area contributed by atoms with E-state index in [1.165, 1.54) is 0 Å². The molecule has 0 aromatic rings. The number of ether oxygens (including phenoxy) is 6. The zero-order valence-electron chi connectivity index (χ0n) is 31.4. The minimum atomic E-state index is -1.74. The zero-order chi connectivity index (χ0) is 37.8. The Morgan fingerprint density at radius 1 is 0.830 bits per heavy atom. The summed E-state index contributed by atoms with van der Waals surface area (Å²) in [4.78, 5) is 14.5. The number of rotatable bonds is 6. The summed E-state index contributed by atoms with van der Waals surface area (Å²) in [6, 6.07) is 0. The number of aliphatic hydroxyl groups excluding tert-OH is 7. The van der Waals surface area contributed by atoms with Gasteiger partial charge in [-0.2, -0.15) is 0 Å². The van der Waals surface area contributed by atoms with Crippen LogP contribution >= 0.6 is 0 Å². The maximum absolute atomic E-state index is 14.5. The minimum absolute atomic E-state index is 0.0208. The molecule has 4 saturated heterocycles. The largest absolute Gasteiger partial charge is 0.394 e. The van der Waals surface area contributed by atoms with Gasteiger partial charge >= 0.3 is 0 Å². The third kappa shape index (κ3) is 6.12. The Morgan fingerprint density at radius 2 is 1.53 bits per heavy atom. The molecule has 8 rings (SSSR count). The Labute approximate surface area is 311 Å². The van der Waals surface area contributed by atoms with Gasteiger partial charge in [-0.25, -0.2) is 0 Å². The van der Waals surface area contributed by atoms with Crippen molar-refractivity contribution in [1.29, 1.82) is 0 Å². The van der Waals surface area contributed by atoms with Crippen molar-refractivity contribution in [1.82, 2.24) is 0 Å². The van der Waals surface area contributed by atoms with Crippen molar-refractivity contribution < 1.29 is 69.0 Å². The topological polar surface area (TPSA) is 214 Å². The van der Waals surface area contributed by atoms with Crippen LogP contribution in [0.3, 0.4) is 0 Å². The summed E-state index contributed by atoms with van der Waals surface area (Å²) in [5.41, 5.74) is -0.288. The molecule has 0 amide bonds. The molecule has 0 radical (unpaired) electrons. The number of ketones is 1. The van der Waals surface area contributed by atoms with Gasteiger partial charge in [0.15, 0.2) is 18.4 Å². The third-order valence-corrected chi connectivity index (χ3v) is 15.9. The van der Waals surface area contributed by atoms with Crippen LogP contribution in [0.5, 0.6) is 0 Å². The molecule has 4 aliphatic carbocycles. The molecule has 0 aromatic heterocycles. The van der Waals surface area contributed by atoms with Crippen LogP contribution in [-0.2, 0) is 33.2 Å². The fourth-order valence-electron chi connectivity index (χ4n) is 13.0. The molecule has 14 heteroatoms. The quantitative estimate of drug-likeness (QED) is 0.185. The second kappa shape index (κ2) is 14.2. The van der Waals surface area contributed by atoms with Gasteiger partial charge < -0.3 is 64.2 Å². The summed E-state index contributed by atoms with van der Waals surface area (Å²) < 4.78 is 36.8. The molecule has 8 fully saturated rings. The fraction of sp³-hybridized carbons (Fsp3) is 0.974. The van der Waals surface area contributed by atoms with Gasteiger partial charge in [-0.3, -0.25) is 4.79 Å². The van der Waals surface area contributed by atoms with Crippen molar-refractivity contribution in [2.24, 2.45) is 52.3 Å². The lowest BCUT2D eigenvalue weighted by Gasteiger charge is -2.60. The Kier molecular flexibility index (Phi) is 10.5. The number of Topliss-reactive ketones (excluding diaryl/α,β-unsaturated/α-hetero) is 1. The van der Waals surface area contributed by atoms with E-state index >= 15 is 0 Å². The molecular formula is C39H62O14. The smallest absolute Gasteiger partial charge is 0.187 e. The highest BCUT2D eigenvalue weighted by Gasteiger charge is 2.71. The highest BCUT2D eigenvalue weighted by Crippen LogP contribution is 2.70. The predicted octanol–water partition coefficient (Wildman–Crippen LogP) is 0.621. The van der Waals surface area contributed by atoms with Crippen molar-refractivity contribution in [2.45, 2.75) is 165 Å². The Bertz CT molecular complexity index is 1340. The SMILES string of the molecule is C[C@@H]1CC[C@@]2(OC1)O[C@H]1C[C@H]3[C@@H]4CC[C@H]5C[C@@H](O[C@@H]6O[C@H](CO)[C@@H](O[C@@H]7O[C@H](CO)[C@@H](O)[C@H](O)[C@H]7O)[C@H](O)[C@H]6O)[14CH2]C[C@]5(C)[C@H]4C(=O)C[C@]3(C)[C@H]1[C@@H]2C. The number of hydrogen-bond donors (Lipinski definition) is 7. The molecule has 8 aliphatic rings. The van der Waals surface area contributed by atoms with Crippen molar-refractivity contribution in [2.75, 3.05) is 19.8 Å². The first kappa shape index (κ1) is 39.0. The molecule has 7 N–H and O–H groups in total. The van der Waals surface area contributed by atoms with Crippen molar-refractivity contribution in [3.8, 4) is 0 Å². The number of carbonyl (C=O) groups is 1. The lowest BCUT2D eigenvalue weighted by atomic mass is 9.45. The van der Waals surface area contributed by atoms with Crippen molar-refractivity contribution in [3.63, 3.8) is 0 Å². The summed E-state index contributed by atoms with van der Waals surface area (Å²) in [5.74, 6) is 1.91. The van der Waals surface area contributed by atoms with E-state index in [-0.39, 0.29) is 40.8 Å². The van der Waals surface area contributed by atoms with Gasteiger partial charge in [0.05, 0.1) is 32.0 Å². The number of fused-ring (bicyclic) bond motifs is 7. The second-order valence-corrected chi connectivity index (χ2v) is 18.7. The third-order valence-electron chi connectivity index (χ3n) is 15.9. The first-order valence-electron chi connectivity index (χ1n) is 20.2. The lowest BCUT2D eigenvalue weighted by molar-refractivity contribution is -0.364. The highest BCUT2D eigenvalue weighted by molar-refractivity contribution is 5.84. The molecule has 4 aliphatic heterocycles. The summed E-state index contributed by atoms with van der Waals surface area (Å²) >= 11 is 0. The van der Waals surface area contributed by atoms with Crippen LogP contribution in [0.15, 0.2) is 0 Å². The first-order valence-corrected chi connectivity index (χ1v) is 20.2. The van der Waals surface area contributed by atoms with Crippen LogP contribution in [0, 0.1) is 52.3 Å². The molecule has 22 atom stereocenters.